The highest BCUT2D eigenvalue weighted by atomic mass is 16.5. The van der Waals surface area contributed by atoms with Crippen molar-refractivity contribution >= 4 is 5.97 Å². The van der Waals surface area contributed by atoms with Crippen molar-refractivity contribution in [3.63, 3.8) is 0 Å². The van der Waals surface area contributed by atoms with E-state index in [4.69, 9.17) is 4.74 Å². The highest BCUT2D eigenvalue weighted by Gasteiger charge is 2.10. The van der Waals surface area contributed by atoms with Crippen LogP contribution in [0.3, 0.4) is 0 Å². The topological polar surface area (TPSA) is 26.3 Å². The Bertz CT molecular complexity index is 155. The number of unbranched alkanes of at least 4 members (excludes halogenated alkanes) is 3. The van der Waals surface area contributed by atoms with Gasteiger partial charge in [0.15, 0.2) is 0 Å². The van der Waals surface area contributed by atoms with Crippen molar-refractivity contribution in [3.8, 4) is 0 Å². The van der Waals surface area contributed by atoms with Crippen molar-refractivity contribution in [1.82, 2.24) is 0 Å². The van der Waals surface area contributed by atoms with E-state index >= 15 is 0 Å². The Labute approximate surface area is 94.4 Å². The lowest BCUT2D eigenvalue weighted by molar-refractivity contribution is -0.149. The third-order valence-electron chi connectivity index (χ3n) is 2.60. The third-order valence-corrected chi connectivity index (χ3v) is 2.60. The molecule has 0 aromatic rings. The molecule has 0 fully saturated rings. The first-order valence-corrected chi connectivity index (χ1v) is 6.44. The molecule has 0 radical (unpaired) electrons. The molecule has 0 bridgehead atoms. The monoisotopic (exact) mass is 214 g/mol. The minimum absolute atomic E-state index is 0.00796. The number of esters is 1. The fraction of sp³-hybridized carbons (Fsp3) is 0.923. The van der Waals surface area contributed by atoms with Gasteiger partial charge in [-0.2, -0.15) is 0 Å². The first-order valence-electron chi connectivity index (χ1n) is 6.44. The van der Waals surface area contributed by atoms with Gasteiger partial charge in [-0.3, -0.25) is 4.79 Å². The van der Waals surface area contributed by atoms with Gasteiger partial charge >= 0.3 is 5.97 Å². The van der Waals surface area contributed by atoms with E-state index in [0.29, 0.717) is 6.42 Å². The molecule has 0 aromatic carbocycles. The second kappa shape index (κ2) is 10.0. The first-order chi connectivity index (χ1) is 7.24. The SMILES string of the molecule is CCCCCCC(=O)O[C@H](CC)CCC. The Balaban J connectivity index is 3.52. The quantitative estimate of drug-likeness (QED) is 0.427. The molecular formula is C13H26O2. The van der Waals surface area contributed by atoms with Crippen LogP contribution in [0, 0.1) is 0 Å². The van der Waals surface area contributed by atoms with Gasteiger partial charge in [0.2, 0.25) is 0 Å². The normalized spacial score (nSPS) is 12.5. The van der Waals surface area contributed by atoms with Gasteiger partial charge in [0.05, 0.1) is 0 Å². The summed E-state index contributed by atoms with van der Waals surface area (Å²) in [4.78, 5) is 11.4. The van der Waals surface area contributed by atoms with Crippen LogP contribution in [-0.2, 0) is 9.53 Å². The van der Waals surface area contributed by atoms with Gasteiger partial charge in [-0.1, -0.05) is 46.5 Å². The Morgan fingerprint density at radius 1 is 1.07 bits per heavy atom. The van der Waals surface area contributed by atoms with Gasteiger partial charge in [-0.15, -0.1) is 0 Å². The van der Waals surface area contributed by atoms with Crippen LogP contribution in [0.5, 0.6) is 0 Å². The molecule has 90 valence electrons. The van der Waals surface area contributed by atoms with Gasteiger partial charge in [0.1, 0.15) is 6.10 Å². The van der Waals surface area contributed by atoms with E-state index in [1.165, 1.54) is 12.8 Å². The number of hydrogen-bond acceptors (Lipinski definition) is 2. The second-order valence-corrected chi connectivity index (χ2v) is 4.12. The smallest absolute Gasteiger partial charge is 0.306 e. The molecule has 0 aliphatic heterocycles. The summed E-state index contributed by atoms with van der Waals surface area (Å²) in [5, 5.41) is 0. The Morgan fingerprint density at radius 2 is 1.80 bits per heavy atom. The van der Waals surface area contributed by atoms with Crippen molar-refractivity contribution in [2.75, 3.05) is 0 Å². The Hall–Kier alpha value is -0.530. The van der Waals surface area contributed by atoms with E-state index in [2.05, 4.69) is 20.8 Å². The van der Waals surface area contributed by atoms with Crippen LogP contribution in [0.2, 0.25) is 0 Å². The van der Waals surface area contributed by atoms with Crippen molar-refractivity contribution in [3.05, 3.63) is 0 Å². The molecule has 0 saturated carbocycles. The predicted molar refractivity (Wildman–Crippen MR) is 63.8 cm³/mol. The number of rotatable bonds is 9. The van der Waals surface area contributed by atoms with Crippen LogP contribution < -0.4 is 0 Å². The fourth-order valence-corrected chi connectivity index (χ4v) is 1.61. The number of hydrogen-bond donors (Lipinski definition) is 0. The molecule has 0 aliphatic rings. The van der Waals surface area contributed by atoms with Crippen LogP contribution in [-0.4, -0.2) is 12.1 Å². The summed E-state index contributed by atoms with van der Waals surface area (Å²) in [6.45, 7) is 6.37. The maximum atomic E-state index is 11.4. The standard InChI is InChI=1S/C13H26O2/c1-4-7-8-9-11-13(14)15-12(6-3)10-5-2/h12H,4-11H2,1-3H3/t12-/m1/s1. The minimum Gasteiger partial charge on any atom is -0.462 e. The van der Waals surface area contributed by atoms with Gasteiger partial charge in [-0.25, -0.2) is 0 Å². The van der Waals surface area contributed by atoms with E-state index in [1.807, 2.05) is 0 Å². The highest BCUT2D eigenvalue weighted by molar-refractivity contribution is 5.69. The van der Waals surface area contributed by atoms with E-state index in [0.717, 1.165) is 32.1 Å². The average Bonchev–Trinajstić information content (AvgIpc) is 2.24. The minimum atomic E-state index is -0.00796. The Morgan fingerprint density at radius 3 is 2.33 bits per heavy atom. The largest absolute Gasteiger partial charge is 0.462 e. The van der Waals surface area contributed by atoms with E-state index < -0.39 is 0 Å². The van der Waals surface area contributed by atoms with Gasteiger partial charge in [-0.05, 0) is 19.3 Å². The maximum Gasteiger partial charge on any atom is 0.306 e. The second-order valence-electron chi connectivity index (χ2n) is 4.12. The highest BCUT2D eigenvalue weighted by Crippen LogP contribution is 2.10. The molecule has 0 amide bonds. The summed E-state index contributed by atoms with van der Waals surface area (Å²) >= 11 is 0. The zero-order valence-corrected chi connectivity index (χ0v) is 10.6. The van der Waals surface area contributed by atoms with Crippen LogP contribution in [0.1, 0.15) is 72.1 Å². The molecule has 0 rings (SSSR count). The molecule has 1 atom stereocenters. The average molecular weight is 214 g/mol. The van der Waals surface area contributed by atoms with Crippen LogP contribution >= 0.6 is 0 Å². The summed E-state index contributed by atoms with van der Waals surface area (Å²) in [6, 6.07) is 0. The van der Waals surface area contributed by atoms with Crippen LogP contribution in [0.25, 0.3) is 0 Å². The van der Waals surface area contributed by atoms with Crippen molar-refractivity contribution < 1.29 is 9.53 Å². The number of carbonyl (C=O) groups is 1. The lowest BCUT2D eigenvalue weighted by Gasteiger charge is -2.15. The summed E-state index contributed by atoms with van der Waals surface area (Å²) < 4.78 is 5.38. The molecule has 2 nitrogen and oxygen atoms in total. The number of carbonyl (C=O) groups excluding carboxylic acids is 1. The Kier molecular flexibility index (Phi) is 9.65. The maximum absolute atomic E-state index is 11.4. The van der Waals surface area contributed by atoms with Crippen LogP contribution in [0.15, 0.2) is 0 Å². The van der Waals surface area contributed by atoms with E-state index in [9.17, 15) is 4.79 Å². The van der Waals surface area contributed by atoms with Gasteiger partial charge in [0.25, 0.3) is 0 Å². The molecule has 0 aliphatic carbocycles. The van der Waals surface area contributed by atoms with E-state index in [1.54, 1.807) is 0 Å². The summed E-state index contributed by atoms with van der Waals surface area (Å²) in [7, 11) is 0. The molecule has 0 aromatic heterocycles. The molecule has 0 saturated heterocycles. The molecule has 0 spiro atoms. The van der Waals surface area contributed by atoms with Gasteiger partial charge in [0, 0.05) is 6.42 Å². The summed E-state index contributed by atoms with van der Waals surface area (Å²) in [5.74, 6) is -0.00796. The predicted octanol–water partition coefficient (Wildman–Crippen LogP) is 4.08. The summed E-state index contributed by atoms with van der Waals surface area (Å²) in [6.07, 6.45) is 8.33. The lowest BCUT2D eigenvalue weighted by Crippen LogP contribution is -2.16. The van der Waals surface area contributed by atoms with Crippen LogP contribution in [0.4, 0.5) is 0 Å². The molecule has 2 heteroatoms. The van der Waals surface area contributed by atoms with E-state index in [-0.39, 0.29) is 12.1 Å². The molecule has 0 unspecified atom stereocenters. The molecular weight excluding hydrogens is 188 g/mol. The zero-order valence-electron chi connectivity index (χ0n) is 10.6. The number of ether oxygens (including phenoxy) is 1. The van der Waals surface area contributed by atoms with Crippen molar-refractivity contribution in [2.45, 2.75) is 78.2 Å². The summed E-state index contributed by atoms with van der Waals surface area (Å²) in [5.41, 5.74) is 0. The van der Waals surface area contributed by atoms with Gasteiger partial charge < -0.3 is 4.74 Å². The molecule has 15 heavy (non-hydrogen) atoms. The van der Waals surface area contributed by atoms with Crippen molar-refractivity contribution in [1.29, 1.82) is 0 Å². The lowest BCUT2D eigenvalue weighted by atomic mass is 10.1. The zero-order chi connectivity index (χ0) is 11.5. The van der Waals surface area contributed by atoms with Crippen molar-refractivity contribution in [2.24, 2.45) is 0 Å². The third kappa shape index (κ3) is 8.46. The molecule has 0 N–H and O–H groups in total. The fourth-order valence-electron chi connectivity index (χ4n) is 1.61. The molecule has 0 heterocycles. The first kappa shape index (κ1) is 14.5.